The molecule has 0 atom stereocenters. The number of hydrogen-bond donors (Lipinski definition) is 0. The predicted octanol–water partition coefficient (Wildman–Crippen LogP) is 2.71. The van der Waals surface area contributed by atoms with E-state index in [4.69, 9.17) is 0 Å². The van der Waals surface area contributed by atoms with Gasteiger partial charge in [-0.1, -0.05) is 0 Å². The fourth-order valence-corrected chi connectivity index (χ4v) is 1.95. The SMILES string of the molecule is CCOC(=O)c1cc([N+](=O)[O-])c(C(F)F)c(I)n1. The van der Waals surface area contributed by atoms with Gasteiger partial charge in [0, 0.05) is 6.07 Å². The summed E-state index contributed by atoms with van der Waals surface area (Å²) in [5.41, 5.74) is -2.00. The molecule has 0 aliphatic heterocycles. The lowest BCUT2D eigenvalue weighted by molar-refractivity contribution is -0.386. The summed E-state index contributed by atoms with van der Waals surface area (Å²) >= 11 is 1.42. The number of alkyl halides is 2. The molecule has 0 N–H and O–H groups in total. The lowest BCUT2D eigenvalue weighted by Crippen LogP contribution is -2.11. The molecule has 0 fully saturated rings. The lowest BCUT2D eigenvalue weighted by Gasteiger charge is -2.06. The summed E-state index contributed by atoms with van der Waals surface area (Å²) in [5.74, 6) is -0.890. The Morgan fingerprint density at radius 2 is 2.28 bits per heavy atom. The second-order valence-electron chi connectivity index (χ2n) is 3.01. The number of rotatable bonds is 4. The van der Waals surface area contributed by atoms with Gasteiger partial charge >= 0.3 is 5.97 Å². The van der Waals surface area contributed by atoms with Crippen LogP contribution in [0.3, 0.4) is 0 Å². The van der Waals surface area contributed by atoms with Gasteiger partial charge in [-0.25, -0.2) is 18.6 Å². The van der Waals surface area contributed by atoms with Gasteiger partial charge in [0.15, 0.2) is 5.69 Å². The Balaban J connectivity index is 3.36. The third kappa shape index (κ3) is 3.09. The first kappa shape index (κ1) is 14.7. The van der Waals surface area contributed by atoms with Gasteiger partial charge in [-0.05, 0) is 29.5 Å². The lowest BCUT2D eigenvalue weighted by atomic mass is 10.2. The van der Waals surface area contributed by atoms with E-state index in [9.17, 15) is 23.7 Å². The van der Waals surface area contributed by atoms with Crippen molar-refractivity contribution in [3.8, 4) is 0 Å². The molecule has 0 amide bonds. The molecule has 98 valence electrons. The highest BCUT2D eigenvalue weighted by molar-refractivity contribution is 14.1. The molecule has 1 heterocycles. The Bertz CT molecular complexity index is 496. The molecule has 0 bridgehead atoms. The fourth-order valence-electron chi connectivity index (χ4n) is 1.17. The van der Waals surface area contributed by atoms with Crippen molar-refractivity contribution in [1.82, 2.24) is 4.98 Å². The van der Waals surface area contributed by atoms with Crippen molar-refractivity contribution in [3.05, 3.63) is 31.1 Å². The minimum absolute atomic E-state index is 0.0570. The van der Waals surface area contributed by atoms with Crippen LogP contribution in [-0.4, -0.2) is 22.5 Å². The fraction of sp³-hybridized carbons (Fsp3) is 0.333. The average molecular weight is 372 g/mol. The summed E-state index contributed by atoms with van der Waals surface area (Å²) in [6.07, 6.45) is -3.04. The summed E-state index contributed by atoms with van der Waals surface area (Å²) in [4.78, 5) is 24.7. The van der Waals surface area contributed by atoms with Crippen molar-refractivity contribution in [3.63, 3.8) is 0 Å². The largest absolute Gasteiger partial charge is 0.461 e. The van der Waals surface area contributed by atoms with Crippen LogP contribution >= 0.6 is 22.6 Å². The van der Waals surface area contributed by atoms with Crippen molar-refractivity contribution < 1.29 is 23.2 Å². The zero-order chi connectivity index (χ0) is 13.9. The van der Waals surface area contributed by atoms with Crippen molar-refractivity contribution in [1.29, 1.82) is 0 Å². The van der Waals surface area contributed by atoms with Crippen LogP contribution < -0.4 is 0 Å². The average Bonchev–Trinajstić information content (AvgIpc) is 2.27. The molecule has 6 nitrogen and oxygen atoms in total. The van der Waals surface area contributed by atoms with E-state index in [1.807, 2.05) is 0 Å². The maximum Gasteiger partial charge on any atom is 0.357 e. The zero-order valence-electron chi connectivity index (χ0n) is 9.02. The van der Waals surface area contributed by atoms with E-state index in [2.05, 4.69) is 9.72 Å². The summed E-state index contributed by atoms with van der Waals surface area (Å²) < 4.78 is 29.6. The van der Waals surface area contributed by atoms with E-state index < -0.39 is 28.6 Å². The normalized spacial score (nSPS) is 10.5. The Kier molecular flexibility index (Phi) is 4.87. The number of nitrogens with zero attached hydrogens (tertiary/aromatic N) is 2. The van der Waals surface area contributed by atoms with Crippen LogP contribution in [0.4, 0.5) is 14.5 Å². The molecule has 18 heavy (non-hydrogen) atoms. The monoisotopic (exact) mass is 372 g/mol. The molecule has 0 aromatic carbocycles. The Hall–Kier alpha value is -1.39. The van der Waals surface area contributed by atoms with Crippen LogP contribution in [0, 0.1) is 13.8 Å². The second-order valence-corrected chi connectivity index (χ2v) is 4.03. The van der Waals surface area contributed by atoms with Crippen LogP contribution in [0.25, 0.3) is 0 Å². The first-order valence-corrected chi connectivity index (χ1v) is 5.76. The van der Waals surface area contributed by atoms with Gasteiger partial charge in [0.05, 0.1) is 11.5 Å². The van der Waals surface area contributed by atoms with Crippen LogP contribution in [0.15, 0.2) is 6.07 Å². The Morgan fingerprint density at radius 1 is 1.67 bits per heavy atom. The smallest absolute Gasteiger partial charge is 0.357 e. The van der Waals surface area contributed by atoms with E-state index in [0.717, 1.165) is 0 Å². The molecule has 1 rings (SSSR count). The molecule has 0 spiro atoms. The molecule has 0 aliphatic carbocycles. The number of nitro groups is 1. The molecule has 0 radical (unpaired) electrons. The van der Waals surface area contributed by atoms with Gasteiger partial charge in [-0.2, -0.15) is 0 Å². The molecule has 1 aromatic heterocycles. The van der Waals surface area contributed by atoms with E-state index in [0.29, 0.717) is 6.07 Å². The third-order valence-corrected chi connectivity index (χ3v) is 2.71. The van der Waals surface area contributed by atoms with E-state index in [-0.39, 0.29) is 16.0 Å². The van der Waals surface area contributed by atoms with Gasteiger partial charge < -0.3 is 4.74 Å². The molecule has 0 saturated carbocycles. The Morgan fingerprint density at radius 3 is 2.72 bits per heavy atom. The third-order valence-electron chi connectivity index (χ3n) is 1.89. The van der Waals surface area contributed by atoms with Gasteiger partial charge in [0.25, 0.3) is 12.1 Å². The summed E-state index contributed by atoms with van der Waals surface area (Å²) in [5, 5.41) is 10.7. The van der Waals surface area contributed by atoms with E-state index in [1.54, 1.807) is 6.92 Å². The molecule has 9 heteroatoms. The number of hydrogen-bond acceptors (Lipinski definition) is 5. The van der Waals surface area contributed by atoms with E-state index >= 15 is 0 Å². The molecular formula is C9H7F2IN2O4. The van der Waals surface area contributed by atoms with Gasteiger partial charge in [-0.15, -0.1) is 0 Å². The summed E-state index contributed by atoms with van der Waals surface area (Å²) in [6.45, 7) is 1.60. The first-order chi connectivity index (χ1) is 8.38. The summed E-state index contributed by atoms with van der Waals surface area (Å²) in [7, 11) is 0. The molecule has 0 aliphatic rings. The quantitative estimate of drug-likeness (QED) is 0.267. The number of esters is 1. The zero-order valence-corrected chi connectivity index (χ0v) is 11.2. The van der Waals surface area contributed by atoms with Crippen LogP contribution in [0.2, 0.25) is 0 Å². The minimum Gasteiger partial charge on any atom is -0.461 e. The molecule has 0 saturated heterocycles. The standard InChI is InChI=1S/C9H7F2IN2O4/c1-2-18-9(15)4-3-5(14(16)17)6(7(10)11)8(12)13-4/h3,7H,2H2,1H3. The van der Waals surface area contributed by atoms with Crippen molar-refractivity contribution in [2.45, 2.75) is 13.3 Å². The molecule has 1 aromatic rings. The van der Waals surface area contributed by atoms with Crippen LogP contribution in [0.5, 0.6) is 0 Å². The maximum atomic E-state index is 12.7. The second kappa shape index (κ2) is 5.98. The number of pyridine rings is 1. The topological polar surface area (TPSA) is 82.3 Å². The number of aromatic nitrogens is 1. The predicted molar refractivity (Wildman–Crippen MR) is 64.5 cm³/mol. The van der Waals surface area contributed by atoms with Crippen molar-refractivity contribution in [2.75, 3.05) is 6.61 Å². The van der Waals surface area contributed by atoms with E-state index in [1.165, 1.54) is 22.6 Å². The number of carbonyl (C=O) groups is 1. The first-order valence-electron chi connectivity index (χ1n) is 4.68. The number of carbonyl (C=O) groups excluding carboxylic acids is 1. The van der Waals surface area contributed by atoms with Crippen molar-refractivity contribution >= 4 is 34.2 Å². The molecule has 0 unspecified atom stereocenters. The summed E-state index contributed by atoms with van der Waals surface area (Å²) in [6, 6.07) is 0.696. The van der Waals surface area contributed by atoms with Crippen LogP contribution in [-0.2, 0) is 4.74 Å². The minimum atomic E-state index is -3.04. The van der Waals surface area contributed by atoms with Gasteiger partial charge in [0.1, 0.15) is 9.26 Å². The number of halogens is 3. The number of ether oxygens (including phenoxy) is 1. The highest BCUT2D eigenvalue weighted by atomic mass is 127. The Labute approximate surface area is 114 Å². The van der Waals surface area contributed by atoms with Crippen molar-refractivity contribution in [2.24, 2.45) is 0 Å². The maximum absolute atomic E-state index is 12.7. The van der Waals surface area contributed by atoms with Gasteiger partial charge in [0.2, 0.25) is 0 Å². The van der Waals surface area contributed by atoms with Gasteiger partial charge in [-0.3, -0.25) is 10.1 Å². The molecular weight excluding hydrogens is 365 g/mol. The highest BCUT2D eigenvalue weighted by Gasteiger charge is 2.28. The highest BCUT2D eigenvalue weighted by Crippen LogP contribution is 2.32. The van der Waals surface area contributed by atoms with Crippen LogP contribution in [0.1, 0.15) is 29.4 Å².